The van der Waals surface area contributed by atoms with Crippen LogP contribution in [0.25, 0.3) is 6.08 Å². The third kappa shape index (κ3) is 5.20. The summed E-state index contributed by atoms with van der Waals surface area (Å²) in [6, 6.07) is 26.2. The largest absolute Gasteiger partial charge is 0.336 e. The van der Waals surface area contributed by atoms with Crippen molar-refractivity contribution < 1.29 is 9.59 Å². The van der Waals surface area contributed by atoms with Crippen molar-refractivity contribution in [3.63, 3.8) is 0 Å². The minimum absolute atomic E-state index is 0.0740. The molecule has 1 fully saturated rings. The number of piperazine rings is 1. The first-order valence-corrected chi connectivity index (χ1v) is 12.3. The summed E-state index contributed by atoms with van der Waals surface area (Å²) in [5.41, 5.74) is 4.97. The van der Waals surface area contributed by atoms with Crippen molar-refractivity contribution in [1.82, 2.24) is 9.80 Å². The van der Waals surface area contributed by atoms with Gasteiger partial charge in [-0.2, -0.15) is 0 Å². The van der Waals surface area contributed by atoms with Gasteiger partial charge in [0.25, 0.3) is 5.91 Å². The van der Waals surface area contributed by atoms with Gasteiger partial charge >= 0.3 is 0 Å². The van der Waals surface area contributed by atoms with Crippen molar-refractivity contribution in [2.75, 3.05) is 31.1 Å². The number of hydrogen-bond donors (Lipinski definition) is 0. The van der Waals surface area contributed by atoms with Crippen molar-refractivity contribution >= 4 is 23.6 Å². The van der Waals surface area contributed by atoms with Gasteiger partial charge in [-0.25, -0.2) is 0 Å². The number of hydrogen-bond acceptors (Lipinski definition) is 3. The van der Waals surface area contributed by atoms with Crippen molar-refractivity contribution in [3.05, 3.63) is 107 Å². The van der Waals surface area contributed by atoms with Crippen LogP contribution in [0.2, 0.25) is 0 Å². The lowest BCUT2D eigenvalue weighted by Gasteiger charge is -2.34. The fourth-order valence-electron chi connectivity index (χ4n) is 4.80. The van der Waals surface area contributed by atoms with Crippen LogP contribution in [0.15, 0.2) is 84.9 Å². The Balaban J connectivity index is 1.22. The molecule has 2 aliphatic heterocycles. The summed E-state index contributed by atoms with van der Waals surface area (Å²) < 4.78 is 0. The lowest BCUT2D eigenvalue weighted by Crippen LogP contribution is -2.48. The Bertz CT molecular complexity index is 1210. The Hall–Kier alpha value is -3.70. The van der Waals surface area contributed by atoms with Gasteiger partial charge in [0, 0.05) is 38.3 Å². The van der Waals surface area contributed by atoms with E-state index in [-0.39, 0.29) is 17.7 Å². The second kappa shape index (κ2) is 10.3. The normalized spacial score (nSPS) is 18.3. The van der Waals surface area contributed by atoms with Crippen LogP contribution in [0.3, 0.4) is 0 Å². The lowest BCUT2D eigenvalue weighted by atomic mass is 10.1. The third-order valence-electron chi connectivity index (χ3n) is 6.90. The number of para-hydroxylation sites is 1. The summed E-state index contributed by atoms with van der Waals surface area (Å²) in [6.45, 7) is 6.55. The van der Waals surface area contributed by atoms with E-state index in [1.54, 1.807) is 0 Å². The summed E-state index contributed by atoms with van der Waals surface area (Å²) >= 11 is 0. The molecular formula is C30H31N3O2. The molecule has 5 nitrogen and oxygen atoms in total. The van der Waals surface area contributed by atoms with E-state index in [1.807, 2.05) is 83.5 Å². The third-order valence-corrected chi connectivity index (χ3v) is 6.90. The number of amides is 2. The Morgan fingerprint density at radius 3 is 2.20 bits per heavy atom. The van der Waals surface area contributed by atoms with E-state index in [0.717, 1.165) is 49.5 Å². The molecule has 0 aliphatic carbocycles. The highest BCUT2D eigenvalue weighted by atomic mass is 16.2. The molecule has 1 saturated heterocycles. The zero-order chi connectivity index (χ0) is 24.2. The Labute approximate surface area is 207 Å². The van der Waals surface area contributed by atoms with Crippen molar-refractivity contribution in [3.8, 4) is 0 Å². The maximum Gasteiger partial charge on any atom is 0.253 e. The van der Waals surface area contributed by atoms with Crippen LogP contribution in [0, 0.1) is 5.92 Å². The molecule has 0 unspecified atom stereocenters. The summed E-state index contributed by atoms with van der Waals surface area (Å²) in [5.74, 6) is -0.0199. The molecule has 0 N–H and O–H groups in total. The zero-order valence-corrected chi connectivity index (χ0v) is 20.1. The molecule has 35 heavy (non-hydrogen) atoms. The molecular weight excluding hydrogens is 434 g/mol. The van der Waals surface area contributed by atoms with Crippen LogP contribution >= 0.6 is 0 Å². The molecule has 0 bridgehead atoms. The number of nitrogens with zero attached hydrogens (tertiary/aromatic N) is 3. The lowest BCUT2D eigenvalue weighted by molar-refractivity contribution is -0.120. The first-order valence-electron chi connectivity index (χ1n) is 12.3. The number of carbonyl (C=O) groups is 2. The second-order valence-electron chi connectivity index (χ2n) is 9.38. The standard InChI is InChI=1S/C30H31N3O2/c1-23-11-14-26-9-5-6-10-28(26)33(29(23)34)22-25-12-15-27(16-13-25)30(35)32-19-17-31(18-20-32)21-24-7-3-2-4-8-24/h2-16,23H,17-22H2,1H3/t23-/m1/s1. The number of fused-ring (bicyclic) bond motifs is 1. The van der Waals surface area contributed by atoms with Crippen LogP contribution in [-0.2, 0) is 17.9 Å². The van der Waals surface area contributed by atoms with Crippen LogP contribution in [-0.4, -0.2) is 47.8 Å². The van der Waals surface area contributed by atoms with E-state index in [2.05, 4.69) is 29.2 Å². The molecule has 2 amide bonds. The number of benzene rings is 3. The van der Waals surface area contributed by atoms with E-state index in [1.165, 1.54) is 5.56 Å². The van der Waals surface area contributed by atoms with E-state index in [9.17, 15) is 9.59 Å². The minimum atomic E-state index is -0.177. The first kappa shape index (κ1) is 23.1. The second-order valence-corrected chi connectivity index (χ2v) is 9.38. The van der Waals surface area contributed by atoms with E-state index in [4.69, 9.17) is 0 Å². The van der Waals surface area contributed by atoms with E-state index in [0.29, 0.717) is 12.1 Å². The van der Waals surface area contributed by atoms with Gasteiger partial charge in [0.2, 0.25) is 5.91 Å². The summed E-state index contributed by atoms with van der Waals surface area (Å²) in [4.78, 5) is 32.3. The maximum absolute atomic E-state index is 13.1. The smallest absolute Gasteiger partial charge is 0.253 e. The quantitative estimate of drug-likeness (QED) is 0.542. The van der Waals surface area contributed by atoms with Gasteiger partial charge in [-0.3, -0.25) is 14.5 Å². The van der Waals surface area contributed by atoms with Gasteiger partial charge in [0.05, 0.1) is 18.2 Å². The van der Waals surface area contributed by atoms with Crippen LogP contribution in [0.1, 0.15) is 34.0 Å². The van der Waals surface area contributed by atoms with E-state index < -0.39 is 0 Å². The van der Waals surface area contributed by atoms with Gasteiger partial charge in [0.15, 0.2) is 0 Å². The predicted molar refractivity (Wildman–Crippen MR) is 140 cm³/mol. The van der Waals surface area contributed by atoms with Crippen LogP contribution in [0.4, 0.5) is 5.69 Å². The van der Waals surface area contributed by atoms with Crippen LogP contribution in [0.5, 0.6) is 0 Å². The topological polar surface area (TPSA) is 43.9 Å². The highest BCUT2D eigenvalue weighted by Crippen LogP contribution is 2.29. The molecule has 0 spiro atoms. The number of rotatable bonds is 5. The average molecular weight is 466 g/mol. The monoisotopic (exact) mass is 465 g/mol. The SMILES string of the molecule is C[C@@H]1C=Cc2ccccc2N(Cc2ccc(C(=O)N3CCN(Cc4ccccc4)CC3)cc2)C1=O. The highest BCUT2D eigenvalue weighted by Gasteiger charge is 2.25. The van der Waals surface area contributed by atoms with Gasteiger partial charge in [-0.15, -0.1) is 0 Å². The molecule has 3 aromatic carbocycles. The van der Waals surface area contributed by atoms with Gasteiger partial charge in [-0.05, 0) is 34.9 Å². The van der Waals surface area contributed by atoms with Crippen molar-refractivity contribution in [1.29, 1.82) is 0 Å². The number of anilines is 1. The molecule has 2 heterocycles. The summed E-state index contributed by atoms with van der Waals surface area (Å²) in [7, 11) is 0. The predicted octanol–water partition coefficient (Wildman–Crippen LogP) is 4.84. The summed E-state index contributed by atoms with van der Waals surface area (Å²) in [5, 5.41) is 0. The Morgan fingerprint density at radius 2 is 1.46 bits per heavy atom. The van der Waals surface area contributed by atoms with Crippen molar-refractivity contribution in [2.24, 2.45) is 5.92 Å². The molecule has 5 rings (SSSR count). The minimum Gasteiger partial charge on any atom is -0.336 e. The molecule has 1 atom stereocenters. The maximum atomic E-state index is 13.1. The highest BCUT2D eigenvalue weighted by molar-refractivity contribution is 6.00. The van der Waals surface area contributed by atoms with Crippen LogP contribution < -0.4 is 4.90 Å². The Kier molecular flexibility index (Phi) is 6.77. The van der Waals surface area contributed by atoms with E-state index >= 15 is 0 Å². The molecule has 5 heteroatoms. The Morgan fingerprint density at radius 1 is 0.800 bits per heavy atom. The van der Waals surface area contributed by atoms with Gasteiger partial charge in [-0.1, -0.05) is 79.7 Å². The first-order chi connectivity index (χ1) is 17.1. The molecule has 0 aromatic heterocycles. The van der Waals surface area contributed by atoms with Gasteiger partial charge in [0.1, 0.15) is 0 Å². The molecule has 3 aromatic rings. The fourth-order valence-corrected chi connectivity index (χ4v) is 4.80. The van der Waals surface area contributed by atoms with Gasteiger partial charge < -0.3 is 9.80 Å². The average Bonchev–Trinajstić information content (AvgIpc) is 3.02. The number of carbonyl (C=O) groups excluding carboxylic acids is 2. The molecule has 2 aliphatic rings. The fraction of sp³-hybridized carbons (Fsp3) is 0.267. The molecule has 0 saturated carbocycles. The summed E-state index contributed by atoms with van der Waals surface area (Å²) in [6.07, 6.45) is 3.99. The molecule has 0 radical (unpaired) electrons. The molecule has 178 valence electrons. The van der Waals surface area contributed by atoms with Crippen molar-refractivity contribution in [2.45, 2.75) is 20.0 Å². The zero-order valence-electron chi connectivity index (χ0n) is 20.1.